The third-order valence-electron chi connectivity index (χ3n) is 4.99. The van der Waals surface area contributed by atoms with Crippen LogP contribution in [0.5, 0.6) is 11.6 Å². The Morgan fingerprint density at radius 1 is 1.06 bits per heavy atom. The van der Waals surface area contributed by atoms with E-state index in [-0.39, 0.29) is 12.4 Å². The zero-order chi connectivity index (χ0) is 23.4. The number of anilines is 2. The zero-order valence-corrected chi connectivity index (χ0v) is 17.8. The SMILES string of the molecule is Cc1ccc2c(NC(=O)CCC(F)F)cccc2c1Oc1ncccc1-c1ccnc(N)n1. The molecule has 0 aliphatic rings. The van der Waals surface area contributed by atoms with E-state index >= 15 is 0 Å². The quantitative estimate of drug-likeness (QED) is 0.394. The Hall–Kier alpha value is -4.14. The van der Waals surface area contributed by atoms with E-state index in [1.165, 1.54) is 0 Å². The largest absolute Gasteiger partial charge is 0.437 e. The Bertz CT molecular complexity index is 1310. The third kappa shape index (κ3) is 5.03. The third-order valence-corrected chi connectivity index (χ3v) is 4.99. The molecule has 7 nitrogen and oxygen atoms in total. The summed E-state index contributed by atoms with van der Waals surface area (Å²) in [6, 6.07) is 14.4. The van der Waals surface area contributed by atoms with Gasteiger partial charge in [0, 0.05) is 41.7 Å². The Morgan fingerprint density at radius 3 is 2.70 bits per heavy atom. The second-order valence-electron chi connectivity index (χ2n) is 7.35. The van der Waals surface area contributed by atoms with Crippen LogP contribution < -0.4 is 15.8 Å². The van der Waals surface area contributed by atoms with Gasteiger partial charge in [-0.1, -0.05) is 24.3 Å². The highest BCUT2D eigenvalue weighted by Gasteiger charge is 2.16. The van der Waals surface area contributed by atoms with E-state index in [2.05, 4.69) is 20.3 Å². The molecule has 4 aromatic rings. The fourth-order valence-corrected chi connectivity index (χ4v) is 3.42. The average Bonchev–Trinajstić information content (AvgIpc) is 2.80. The second-order valence-corrected chi connectivity index (χ2v) is 7.35. The highest BCUT2D eigenvalue weighted by Crippen LogP contribution is 2.38. The fourth-order valence-electron chi connectivity index (χ4n) is 3.42. The highest BCUT2D eigenvalue weighted by atomic mass is 19.3. The smallest absolute Gasteiger partial charge is 0.239 e. The number of benzene rings is 2. The van der Waals surface area contributed by atoms with Crippen molar-refractivity contribution >= 4 is 28.3 Å². The Labute approximate surface area is 188 Å². The van der Waals surface area contributed by atoms with Gasteiger partial charge in [0.15, 0.2) is 0 Å². The van der Waals surface area contributed by atoms with Crippen molar-refractivity contribution in [3.05, 3.63) is 66.5 Å². The van der Waals surface area contributed by atoms with Gasteiger partial charge in [-0.2, -0.15) is 0 Å². The van der Waals surface area contributed by atoms with E-state index in [1.54, 1.807) is 36.7 Å². The van der Waals surface area contributed by atoms with Gasteiger partial charge in [-0.15, -0.1) is 0 Å². The number of fused-ring (bicyclic) bond motifs is 1. The van der Waals surface area contributed by atoms with Gasteiger partial charge in [0.2, 0.25) is 24.2 Å². The molecule has 2 heterocycles. The second kappa shape index (κ2) is 9.56. The maximum absolute atomic E-state index is 12.5. The van der Waals surface area contributed by atoms with E-state index in [4.69, 9.17) is 10.5 Å². The number of nitrogens with zero attached hydrogens (tertiary/aromatic N) is 3. The van der Waals surface area contributed by atoms with Crippen LogP contribution in [-0.2, 0) is 4.79 Å². The minimum atomic E-state index is -2.52. The first-order valence-electron chi connectivity index (χ1n) is 10.2. The van der Waals surface area contributed by atoms with Crippen LogP contribution in [0.15, 0.2) is 60.9 Å². The van der Waals surface area contributed by atoms with Crippen molar-refractivity contribution in [2.45, 2.75) is 26.2 Å². The van der Waals surface area contributed by atoms with Crippen LogP contribution in [0.2, 0.25) is 0 Å². The van der Waals surface area contributed by atoms with Crippen LogP contribution in [0.4, 0.5) is 20.4 Å². The molecule has 33 heavy (non-hydrogen) atoms. The fraction of sp³-hybridized carbons (Fsp3) is 0.167. The summed E-state index contributed by atoms with van der Waals surface area (Å²) in [7, 11) is 0. The van der Waals surface area contributed by atoms with Gasteiger partial charge in [0.25, 0.3) is 0 Å². The molecule has 0 spiro atoms. The van der Waals surface area contributed by atoms with Crippen molar-refractivity contribution in [2.24, 2.45) is 0 Å². The molecule has 0 fully saturated rings. The molecule has 4 rings (SSSR count). The van der Waals surface area contributed by atoms with Gasteiger partial charge < -0.3 is 15.8 Å². The molecule has 0 saturated carbocycles. The Morgan fingerprint density at radius 2 is 1.91 bits per heavy atom. The first-order chi connectivity index (χ1) is 15.9. The number of halogens is 2. The lowest BCUT2D eigenvalue weighted by Gasteiger charge is -2.16. The van der Waals surface area contributed by atoms with Crippen LogP contribution in [-0.4, -0.2) is 27.3 Å². The standard InChI is InChI=1S/C24H21F2N5O2/c1-14-7-8-15-16(4-2-6-18(15)30-21(32)10-9-20(25)26)22(14)33-23-17(5-3-12-28-23)19-11-13-29-24(27)31-19/h2-8,11-13,20H,9-10H2,1H3,(H,30,32)(H2,27,29,31). The van der Waals surface area contributed by atoms with Crippen molar-refractivity contribution < 1.29 is 18.3 Å². The van der Waals surface area contributed by atoms with E-state index in [0.29, 0.717) is 34.0 Å². The van der Waals surface area contributed by atoms with Gasteiger partial charge in [-0.25, -0.2) is 23.7 Å². The number of aryl methyl sites for hydroxylation is 1. The Kier molecular flexibility index (Phi) is 6.39. The van der Waals surface area contributed by atoms with Crippen molar-refractivity contribution in [1.82, 2.24) is 15.0 Å². The Balaban J connectivity index is 1.71. The molecule has 0 radical (unpaired) electrons. The predicted molar refractivity (Wildman–Crippen MR) is 122 cm³/mol. The first kappa shape index (κ1) is 22.1. The summed E-state index contributed by atoms with van der Waals surface area (Å²) in [6.07, 6.45) is -0.106. The minimum absolute atomic E-state index is 0.135. The number of carbonyl (C=O) groups is 1. The topological polar surface area (TPSA) is 103 Å². The van der Waals surface area contributed by atoms with Gasteiger partial charge in [-0.3, -0.25) is 4.79 Å². The monoisotopic (exact) mass is 449 g/mol. The van der Waals surface area contributed by atoms with Crippen molar-refractivity contribution in [3.8, 4) is 22.9 Å². The number of hydrogen-bond donors (Lipinski definition) is 2. The van der Waals surface area contributed by atoms with Crippen LogP contribution in [0, 0.1) is 6.92 Å². The number of ether oxygens (including phenoxy) is 1. The minimum Gasteiger partial charge on any atom is -0.437 e. The summed E-state index contributed by atoms with van der Waals surface area (Å²) in [5.74, 6) is 0.547. The average molecular weight is 449 g/mol. The van der Waals surface area contributed by atoms with Crippen LogP contribution in [0.3, 0.4) is 0 Å². The number of nitrogens with one attached hydrogen (secondary N) is 1. The van der Waals surface area contributed by atoms with E-state index in [1.807, 2.05) is 31.2 Å². The molecule has 168 valence electrons. The lowest BCUT2D eigenvalue weighted by molar-refractivity contribution is -0.116. The van der Waals surface area contributed by atoms with Gasteiger partial charge in [-0.05, 0) is 36.8 Å². The van der Waals surface area contributed by atoms with Gasteiger partial charge in [0.05, 0.1) is 11.3 Å². The summed E-state index contributed by atoms with van der Waals surface area (Å²) in [6.45, 7) is 1.90. The summed E-state index contributed by atoms with van der Waals surface area (Å²) in [5, 5.41) is 4.17. The number of carbonyl (C=O) groups excluding carboxylic acids is 1. The predicted octanol–water partition coefficient (Wildman–Crippen LogP) is 5.36. The van der Waals surface area contributed by atoms with Crippen molar-refractivity contribution in [1.29, 1.82) is 0 Å². The number of hydrogen-bond acceptors (Lipinski definition) is 6. The summed E-state index contributed by atoms with van der Waals surface area (Å²) >= 11 is 0. The summed E-state index contributed by atoms with van der Waals surface area (Å²) in [4.78, 5) is 24.7. The molecule has 2 aromatic heterocycles. The molecule has 9 heteroatoms. The lowest BCUT2D eigenvalue weighted by Crippen LogP contribution is -2.13. The van der Waals surface area contributed by atoms with Gasteiger partial charge in [0.1, 0.15) is 5.75 Å². The number of pyridine rings is 1. The number of amides is 1. The maximum atomic E-state index is 12.5. The number of alkyl halides is 2. The lowest BCUT2D eigenvalue weighted by atomic mass is 10.0. The van der Waals surface area contributed by atoms with Gasteiger partial charge >= 0.3 is 0 Å². The zero-order valence-electron chi connectivity index (χ0n) is 17.8. The molecule has 3 N–H and O–H groups in total. The molecular formula is C24H21F2N5O2. The highest BCUT2D eigenvalue weighted by molar-refractivity contribution is 6.04. The molecule has 1 amide bonds. The van der Waals surface area contributed by atoms with Crippen molar-refractivity contribution in [2.75, 3.05) is 11.1 Å². The number of rotatable bonds is 7. The maximum Gasteiger partial charge on any atom is 0.239 e. The van der Waals surface area contributed by atoms with Crippen LogP contribution >= 0.6 is 0 Å². The molecule has 0 aliphatic carbocycles. The van der Waals surface area contributed by atoms with E-state index in [9.17, 15) is 13.6 Å². The number of nitrogen functional groups attached to an aromatic ring is 1. The molecule has 2 aromatic carbocycles. The molecule has 0 bridgehead atoms. The molecular weight excluding hydrogens is 428 g/mol. The molecule has 0 saturated heterocycles. The molecule has 0 unspecified atom stereocenters. The first-order valence-corrected chi connectivity index (χ1v) is 10.2. The number of nitrogens with two attached hydrogens (primary N) is 1. The van der Waals surface area contributed by atoms with Crippen LogP contribution in [0.1, 0.15) is 18.4 Å². The van der Waals surface area contributed by atoms with Crippen LogP contribution in [0.25, 0.3) is 22.0 Å². The van der Waals surface area contributed by atoms with E-state index in [0.717, 1.165) is 10.9 Å². The summed E-state index contributed by atoms with van der Waals surface area (Å²) < 4.78 is 31.2. The molecule has 0 atom stereocenters. The summed E-state index contributed by atoms with van der Waals surface area (Å²) in [5.41, 5.74) is 8.30. The number of aromatic nitrogens is 3. The molecule has 0 aliphatic heterocycles. The normalized spacial score (nSPS) is 11.0. The van der Waals surface area contributed by atoms with E-state index < -0.39 is 18.8 Å². The van der Waals surface area contributed by atoms with Crippen molar-refractivity contribution in [3.63, 3.8) is 0 Å².